The van der Waals surface area contributed by atoms with Crippen molar-refractivity contribution in [1.82, 2.24) is 0 Å². The van der Waals surface area contributed by atoms with Gasteiger partial charge in [0.25, 0.3) is 5.69 Å². The van der Waals surface area contributed by atoms with Gasteiger partial charge in [0.05, 0.1) is 21.7 Å². The number of carbonyl (C=O) groups is 2. The molecule has 0 aliphatic heterocycles. The van der Waals surface area contributed by atoms with Crippen LogP contribution in [0.4, 0.5) is 11.4 Å². The maximum absolute atomic E-state index is 11.9. The number of nitro benzene ring substituents is 1. The highest BCUT2D eigenvalue weighted by atomic mass is 35.5. The summed E-state index contributed by atoms with van der Waals surface area (Å²) in [6.07, 6.45) is 1.07. The fraction of sp³-hybridized carbons (Fsp3) is 0.385. The Kier molecular flexibility index (Phi) is 4.92. The number of esters is 1. The zero-order valence-electron chi connectivity index (χ0n) is 14.2. The van der Waals surface area contributed by atoms with E-state index in [0.717, 1.165) is 7.11 Å². The van der Waals surface area contributed by atoms with Crippen molar-refractivity contribution in [2.45, 2.75) is 19.3 Å². The minimum Gasteiger partial charge on any atom is -0.465 e. The molecule has 0 atom stereocenters. The maximum atomic E-state index is 11.9. The number of unbranched alkanes of at least 4 members (excludes halogenated alkanes) is 1. The molecule has 0 aromatic heterocycles. The monoisotopic (exact) mass is 317 g/mol. The van der Waals surface area contributed by atoms with Gasteiger partial charge in [-0.05, 0) is 18.9 Å². The lowest BCUT2D eigenvalue weighted by atomic mass is 10.1. The first-order valence-corrected chi connectivity index (χ1v) is 6.51. The molecule has 0 aliphatic rings. The van der Waals surface area contributed by atoms with E-state index in [2.05, 4.69) is 10.1 Å². The third-order valence-corrected chi connectivity index (χ3v) is 2.63. The van der Waals surface area contributed by atoms with Crippen LogP contribution in [0, 0.1) is 10.1 Å². The molecule has 1 aromatic carbocycles. The summed E-state index contributed by atoms with van der Waals surface area (Å²) in [4.78, 5) is 33.6. The topological polar surface area (TPSA) is 98.5 Å². The Hall–Kier alpha value is -2.15. The van der Waals surface area contributed by atoms with Crippen LogP contribution in [0.2, 0.25) is 0 Å². The van der Waals surface area contributed by atoms with Gasteiger partial charge in [0, 0.05) is 30.1 Å². The van der Waals surface area contributed by atoms with Crippen LogP contribution in [0.5, 0.6) is 0 Å². The number of nitro groups is 1. The summed E-state index contributed by atoms with van der Waals surface area (Å²) in [5.74, 6) is -1.35. The molecule has 1 amide bonds. The number of alkyl halides is 1. The van der Waals surface area contributed by atoms with Crippen LogP contribution in [0.15, 0.2) is 18.1 Å². The lowest BCUT2D eigenvalue weighted by Crippen LogP contribution is -2.12. The molecule has 7 nitrogen and oxygen atoms in total. The normalized spacial score (nSPS) is 12.0. The molecule has 0 unspecified atom stereocenters. The first-order chi connectivity index (χ1) is 11.3. The second-order valence-corrected chi connectivity index (χ2v) is 4.29. The smallest absolute Gasteiger partial charge is 0.338 e. The number of amides is 1. The Morgan fingerprint density at radius 2 is 2.14 bits per heavy atom. The van der Waals surface area contributed by atoms with Crippen LogP contribution >= 0.6 is 11.6 Å². The van der Waals surface area contributed by atoms with Gasteiger partial charge in [-0.2, -0.15) is 0 Å². The van der Waals surface area contributed by atoms with Gasteiger partial charge in [0.15, 0.2) is 0 Å². The number of benzene rings is 1. The van der Waals surface area contributed by atoms with Crippen LogP contribution in [-0.2, 0) is 9.53 Å². The predicted molar refractivity (Wildman–Crippen MR) is 77.6 cm³/mol. The van der Waals surface area contributed by atoms with Crippen LogP contribution in [0.25, 0.3) is 0 Å². The summed E-state index contributed by atoms with van der Waals surface area (Å²) >= 11 is 5.50. The molecule has 0 saturated carbocycles. The molecular weight excluding hydrogens is 300 g/mol. The number of anilines is 1. The third-order valence-electron chi connectivity index (χ3n) is 2.36. The van der Waals surface area contributed by atoms with Crippen molar-refractivity contribution >= 4 is 34.9 Å². The van der Waals surface area contributed by atoms with E-state index in [1.165, 1.54) is 0 Å². The van der Waals surface area contributed by atoms with Gasteiger partial charge >= 0.3 is 5.97 Å². The number of hydrogen-bond donors (Lipinski definition) is 1. The summed E-state index contributed by atoms with van der Waals surface area (Å²) in [5, 5.41) is 13.3. The lowest BCUT2D eigenvalue weighted by molar-refractivity contribution is -0.384. The van der Waals surface area contributed by atoms with Crippen molar-refractivity contribution in [2.75, 3.05) is 18.3 Å². The van der Waals surface area contributed by atoms with Gasteiger partial charge in [0.2, 0.25) is 5.91 Å². The summed E-state index contributed by atoms with van der Waals surface area (Å²) in [5.41, 5.74) is -2.17. The Morgan fingerprint density at radius 1 is 1.43 bits per heavy atom. The quantitative estimate of drug-likeness (QED) is 0.274. The number of nitrogens with one attached hydrogen (secondary N) is 1. The molecule has 0 heterocycles. The van der Waals surface area contributed by atoms with E-state index in [1.807, 2.05) is 0 Å². The molecule has 0 saturated heterocycles. The van der Waals surface area contributed by atoms with Gasteiger partial charge < -0.3 is 10.1 Å². The summed E-state index contributed by atoms with van der Waals surface area (Å²) in [6.45, 7) is 0. The van der Waals surface area contributed by atoms with Gasteiger partial charge in [-0.25, -0.2) is 4.79 Å². The number of hydrogen-bond acceptors (Lipinski definition) is 5. The predicted octanol–water partition coefficient (Wildman–Crippen LogP) is 2.73. The number of halogens is 1. The van der Waals surface area contributed by atoms with Crippen molar-refractivity contribution < 1.29 is 23.4 Å². The van der Waals surface area contributed by atoms with E-state index < -0.39 is 51.9 Å². The number of ether oxygens (including phenoxy) is 1. The van der Waals surface area contributed by atoms with Crippen LogP contribution in [0.3, 0.4) is 0 Å². The summed E-state index contributed by atoms with van der Waals surface area (Å²) < 4.78 is 27.8. The minimum absolute atomic E-state index is 0.0373. The largest absolute Gasteiger partial charge is 0.465 e. The first kappa shape index (κ1) is 12.6. The van der Waals surface area contributed by atoms with Crippen LogP contribution in [-0.4, -0.2) is 29.8 Å². The maximum Gasteiger partial charge on any atom is 0.338 e. The number of nitrogens with zero attached hydrogens (tertiary/aromatic N) is 1. The first-order valence-electron chi connectivity index (χ1n) is 7.48. The third kappa shape index (κ3) is 5.39. The highest BCUT2D eigenvalue weighted by Crippen LogP contribution is 2.22. The van der Waals surface area contributed by atoms with Gasteiger partial charge in [-0.1, -0.05) is 0 Å². The summed E-state index contributed by atoms with van der Waals surface area (Å²) in [7, 11) is 0.992. The summed E-state index contributed by atoms with van der Waals surface area (Å²) in [6, 6.07) is -2.39. The average molecular weight is 318 g/mol. The van der Waals surface area contributed by atoms with Crippen molar-refractivity contribution in [1.29, 1.82) is 0 Å². The fourth-order valence-corrected chi connectivity index (χ4v) is 1.58. The number of carbonyl (C=O) groups excluding carboxylic acids is 2. The highest BCUT2D eigenvalue weighted by molar-refractivity contribution is 6.17. The van der Waals surface area contributed by atoms with Crippen molar-refractivity contribution in [3.8, 4) is 0 Å². The Morgan fingerprint density at radius 3 is 2.71 bits per heavy atom. The van der Waals surface area contributed by atoms with Gasteiger partial charge in [-0.3, -0.25) is 14.9 Å². The van der Waals surface area contributed by atoms with Crippen molar-refractivity contribution in [3.63, 3.8) is 0 Å². The standard InChI is InChI=1S/C13H15ClN2O5/c1-21-13(18)9-6-10(8-11(7-9)16(19)20)15-12(17)4-2-3-5-14/h6-8H,2-5H2,1H3,(H,15,17)/i6D,7D,8D. The Labute approximate surface area is 130 Å². The molecule has 0 radical (unpaired) electrons. The van der Waals surface area contributed by atoms with Crippen LogP contribution in [0.1, 0.15) is 33.7 Å². The van der Waals surface area contributed by atoms with E-state index in [4.69, 9.17) is 15.7 Å². The van der Waals surface area contributed by atoms with E-state index in [9.17, 15) is 19.7 Å². The van der Waals surface area contributed by atoms with Gasteiger partial charge in [-0.15, -0.1) is 11.6 Å². The average Bonchev–Trinajstić information content (AvgIpc) is 2.51. The van der Waals surface area contributed by atoms with E-state index in [-0.39, 0.29) is 6.42 Å². The zero-order chi connectivity index (χ0) is 18.4. The Bertz CT molecular complexity index is 684. The highest BCUT2D eigenvalue weighted by Gasteiger charge is 2.16. The van der Waals surface area contributed by atoms with Crippen molar-refractivity contribution in [2.24, 2.45) is 0 Å². The minimum atomic E-state index is -1.13. The molecule has 1 aromatic rings. The van der Waals surface area contributed by atoms with E-state index in [0.29, 0.717) is 18.7 Å². The molecule has 114 valence electrons. The second kappa shape index (κ2) is 8.21. The van der Waals surface area contributed by atoms with E-state index >= 15 is 0 Å². The number of rotatable bonds is 7. The van der Waals surface area contributed by atoms with Crippen LogP contribution < -0.4 is 5.32 Å². The molecule has 0 bridgehead atoms. The van der Waals surface area contributed by atoms with Crippen molar-refractivity contribution in [3.05, 3.63) is 33.8 Å². The molecule has 8 heteroatoms. The second-order valence-electron chi connectivity index (χ2n) is 3.92. The Balaban J connectivity index is 3.38. The number of methoxy groups -OCH3 is 1. The lowest BCUT2D eigenvalue weighted by Gasteiger charge is -2.07. The molecule has 21 heavy (non-hydrogen) atoms. The fourth-order valence-electron chi connectivity index (χ4n) is 1.40. The van der Waals surface area contributed by atoms with Gasteiger partial charge in [0.1, 0.15) is 0 Å². The van der Waals surface area contributed by atoms with E-state index in [1.54, 1.807) is 0 Å². The SMILES string of the molecule is [2H]c1c(NC(=O)CCCCCl)c([2H])c([N+](=O)[O-])c([2H])c1C(=O)OC. The molecule has 0 spiro atoms. The molecular formula is C13H15ClN2O5. The molecule has 0 aliphatic carbocycles. The molecule has 1 rings (SSSR count). The molecule has 1 N–H and O–H groups in total. The molecule has 0 fully saturated rings. The zero-order valence-corrected chi connectivity index (χ0v) is 12.0.